The molecule has 96 valence electrons. The number of hydrogen-bond acceptors (Lipinski definition) is 2. The quantitative estimate of drug-likeness (QED) is 0.423. The topological polar surface area (TPSA) is 18.5 Å². The fourth-order valence-corrected chi connectivity index (χ4v) is 2.14. The predicted octanol–water partition coefficient (Wildman–Crippen LogP) is 3.74. The number of halogens is 2. The van der Waals surface area contributed by atoms with E-state index in [1.165, 1.54) is 12.1 Å². The van der Waals surface area contributed by atoms with Gasteiger partial charge in [-0.1, -0.05) is 34.7 Å². The SMILES string of the molecule is CC(C)OCCOC(CI)c1ccc(F)cc1. The molecule has 0 aliphatic carbocycles. The lowest BCUT2D eigenvalue weighted by atomic mass is 10.1. The Bertz CT molecular complexity index is 314. The summed E-state index contributed by atoms with van der Waals surface area (Å²) in [6.45, 7) is 5.14. The van der Waals surface area contributed by atoms with Gasteiger partial charge in [-0.2, -0.15) is 0 Å². The van der Waals surface area contributed by atoms with Gasteiger partial charge in [-0.15, -0.1) is 0 Å². The lowest BCUT2D eigenvalue weighted by Crippen LogP contribution is -2.13. The molecule has 0 aliphatic heterocycles. The van der Waals surface area contributed by atoms with Crippen molar-refractivity contribution in [2.75, 3.05) is 17.6 Å². The van der Waals surface area contributed by atoms with E-state index in [4.69, 9.17) is 9.47 Å². The van der Waals surface area contributed by atoms with Crippen molar-refractivity contribution in [2.24, 2.45) is 0 Å². The number of hydrogen-bond donors (Lipinski definition) is 0. The number of rotatable bonds is 7. The van der Waals surface area contributed by atoms with E-state index in [0.29, 0.717) is 13.2 Å². The number of benzene rings is 1. The van der Waals surface area contributed by atoms with Gasteiger partial charge in [0, 0.05) is 4.43 Å². The largest absolute Gasteiger partial charge is 0.376 e. The second kappa shape index (κ2) is 8.00. The van der Waals surface area contributed by atoms with E-state index in [-0.39, 0.29) is 18.0 Å². The smallest absolute Gasteiger partial charge is 0.123 e. The third kappa shape index (κ3) is 5.79. The van der Waals surface area contributed by atoms with Gasteiger partial charge >= 0.3 is 0 Å². The highest BCUT2D eigenvalue weighted by Crippen LogP contribution is 2.20. The summed E-state index contributed by atoms with van der Waals surface area (Å²) in [4.78, 5) is 0. The van der Waals surface area contributed by atoms with Crippen LogP contribution in [0.3, 0.4) is 0 Å². The maximum absolute atomic E-state index is 12.8. The normalized spacial score (nSPS) is 13.0. The molecule has 1 atom stereocenters. The highest BCUT2D eigenvalue weighted by molar-refractivity contribution is 14.1. The van der Waals surface area contributed by atoms with Gasteiger partial charge in [-0.05, 0) is 31.5 Å². The molecule has 4 heteroatoms. The molecule has 0 aliphatic rings. The summed E-state index contributed by atoms with van der Waals surface area (Å²) < 4.78 is 24.7. The van der Waals surface area contributed by atoms with Crippen LogP contribution < -0.4 is 0 Å². The summed E-state index contributed by atoms with van der Waals surface area (Å²) in [6, 6.07) is 6.45. The van der Waals surface area contributed by atoms with Crippen molar-refractivity contribution < 1.29 is 13.9 Å². The summed E-state index contributed by atoms with van der Waals surface area (Å²) in [5.74, 6) is -0.218. The van der Waals surface area contributed by atoms with Crippen LogP contribution in [0.15, 0.2) is 24.3 Å². The summed E-state index contributed by atoms with van der Waals surface area (Å²) in [7, 11) is 0. The minimum Gasteiger partial charge on any atom is -0.376 e. The van der Waals surface area contributed by atoms with Crippen LogP contribution >= 0.6 is 22.6 Å². The van der Waals surface area contributed by atoms with Gasteiger partial charge in [0.15, 0.2) is 0 Å². The van der Waals surface area contributed by atoms with Crippen LogP contribution in [0.4, 0.5) is 4.39 Å². The molecule has 1 unspecified atom stereocenters. The molecule has 0 N–H and O–H groups in total. The molecule has 1 aromatic carbocycles. The van der Waals surface area contributed by atoms with Crippen molar-refractivity contribution in [3.63, 3.8) is 0 Å². The lowest BCUT2D eigenvalue weighted by molar-refractivity contribution is -0.00504. The van der Waals surface area contributed by atoms with Crippen LogP contribution in [-0.4, -0.2) is 23.7 Å². The summed E-state index contributed by atoms with van der Waals surface area (Å²) in [5.41, 5.74) is 1.00. The summed E-state index contributed by atoms with van der Waals surface area (Å²) >= 11 is 2.27. The zero-order valence-corrected chi connectivity index (χ0v) is 12.3. The minimum absolute atomic E-state index is 0.00645. The van der Waals surface area contributed by atoms with E-state index in [2.05, 4.69) is 22.6 Å². The Labute approximate surface area is 116 Å². The van der Waals surface area contributed by atoms with Crippen molar-refractivity contribution in [1.29, 1.82) is 0 Å². The second-order valence-electron chi connectivity index (χ2n) is 3.98. The lowest BCUT2D eigenvalue weighted by Gasteiger charge is -2.16. The maximum atomic E-state index is 12.8. The van der Waals surface area contributed by atoms with Crippen LogP contribution in [-0.2, 0) is 9.47 Å². The molecular weight excluding hydrogens is 334 g/mol. The summed E-state index contributed by atoms with van der Waals surface area (Å²) in [6.07, 6.45) is 0.231. The minimum atomic E-state index is -0.218. The van der Waals surface area contributed by atoms with Gasteiger partial charge in [0.1, 0.15) is 5.82 Å². The zero-order valence-electron chi connectivity index (χ0n) is 10.2. The van der Waals surface area contributed by atoms with Crippen molar-refractivity contribution in [2.45, 2.75) is 26.1 Å². The van der Waals surface area contributed by atoms with Gasteiger partial charge in [0.05, 0.1) is 25.4 Å². The van der Waals surface area contributed by atoms with Crippen molar-refractivity contribution >= 4 is 22.6 Å². The molecular formula is C13H18FIO2. The van der Waals surface area contributed by atoms with E-state index >= 15 is 0 Å². The van der Waals surface area contributed by atoms with Gasteiger partial charge in [0.2, 0.25) is 0 Å². The first kappa shape index (κ1) is 14.9. The Balaban J connectivity index is 2.40. The molecule has 0 saturated heterocycles. The van der Waals surface area contributed by atoms with Gasteiger partial charge in [-0.25, -0.2) is 4.39 Å². The fourth-order valence-electron chi connectivity index (χ4n) is 1.38. The maximum Gasteiger partial charge on any atom is 0.123 e. The molecule has 0 radical (unpaired) electrons. The van der Waals surface area contributed by atoms with E-state index in [0.717, 1.165) is 9.99 Å². The van der Waals surface area contributed by atoms with Crippen molar-refractivity contribution in [1.82, 2.24) is 0 Å². The first-order valence-electron chi connectivity index (χ1n) is 5.68. The predicted molar refractivity (Wildman–Crippen MR) is 75.1 cm³/mol. The molecule has 0 bridgehead atoms. The molecule has 0 fully saturated rings. The average Bonchev–Trinajstić information content (AvgIpc) is 2.30. The molecule has 17 heavy (non-hydrogen) atoms. The Morgan fingerprint density at radius 3 is 2.24 bits per heavy atom. The first-order chi connectivity index (χ1) is 8.13. The molecule has 0 aromatic heterocycles. The Kier molecular flexibility index (Phi) is 6.99. The van der Waals surface area contributed by atoms with Crippen LogP contribution in [0.2, 0.25) is 0 Å². The molecule has 1 rings (SSSR count). The molecule has 0 spiro atoms. The molecule has 0 saturated carbocycles. The highest BCUT2D eigenvalue weighted by atomic mass is 127. The monoisotopic (exact) mass is 352 g/mol. The molecule has 0 heterocycles. The van der Waals surface area contributed by atoms with E-state index in [9.17, 15) is 4.39 Å². The van der Waals surface area contributed by atoms with E-state index in [1.54, 1.807) is 12.1 Å². The Hall–Kier alpha value is -0.200. The van der Waals surface area contributed by atoms with Gasteiger partial charge in [0.25, 0.3) is 0 Å². The van der Waals surface area contributed by atoms with Gasteiger partial charge in [-0.3, -0.25) is 0 Å². The van der Waals surface area contributed by atoms with Crippen molar-refractivity contribution in [3.8, 4) is 0 Å². The molecule has 2 nitrogen and oxygen atoms in total. The third-order valence-corrected chi connectivity index (χ3v) is 3.04. The first-order valence-corrected chi connectivity index (χ1v) is 7.20. The number of alkyl halides is 1. The molecule has 0 amide bonds. The van der Waals surface area contributed by atoms with E-state index in [1.807, 2.05) is 13.8 Å². The zero-order chi connectivity index (χ0) is 12.7. The highest BCUT2D eigenvalue weighted by Gasteiger charge is 2.10. The van der Waals surface area contributed by atoms with Gasteiger partial charge < -0.3 is 9.47 Å². The van der Waals surface area contributed by atoms with Crippen molar-refractivity contribution in [3.05, 3.63) is 35.6 Å². The Morgan fingerprint density at radius 1 is 1.12 bits per heavy atom. The third-order valence-electron chi connectivity index (χ3n) is 2.24. The van der Waals surface area contributed by atoms with Crippen LogP contribution in [0.5, 0.6) is 0 Å². The van der Waals surface area contributed by atoms with E-state index < -0.39 is 0 Å². The fraction of sp³-hybridized carbons (Fsp3) is 0.538. The number of ether oxygens (including phenoxy) is 2. The standard InChI is InChI=1S/C13H18FIO2/c1-10(2)16-7-8-17-13(9-15)11-3-5-12(14)6-4-11/h3-6,10,13H,7-9H2,1-2H3. The molecule has 1 aromatic rings. The van der Waals surface area contributed by atoms with Crippen LogP contribution in [0.25, 0.3) is 0 Å². The van der Waals surface area contributed by atoms with Crippen LogP contribution in [0.1, 0.15) is 25.5 Å². The second-order valence-corrected chi connectivity index (χ2v) is 4.87. The summed E-state index contributed by atoms with van der Waals surface area (Å²) in [5, 5.41) is 0. The van der Waals surface area contributed by atoms with Crippen LogP contribution in [0, 0.1) is 5.82 Å². The average molecular weight is 352 g/mol. The Morgan fingerprint density at radius 2 is 1.71 bits per heavy atom.